The first-order valence-electron chi connectivity index (χ1n) is 7.16. The smallest absolute Gasteiger partial charge is 0.165 e. The Balaban J connectivity index is 2.03. The fourth-order valence-electron chi connectivity index (χ4n) is 2.11. The van der Waals surface area contributed by atoms with Crippen molar-refractivity contribution in [2.75, 3.05) is 6.61 Å². The van der Waals surface area contributed by atoms with E-state index in [2.05, 4.69) is 4.98 Å². The molecule has 114 valence electrons. The van der Waals surface area contributed by atoms with E-state index in [1.165, 1.54) is 10.9 Å². The number of hydrogen-bond acceptors (Lipinski definition) is 4. The Bertz CT molecular complexity index is 585. The third kappa shape index (κ3) is 4.25. The highest BCUT2D eigenvalue weighted by Gasteiger charge is 2.13. The Morgan fingerprint density at radius 1 is 1.43 bits per heavy atom. The third-order valence-corrected chi connectivity index (χ3v) is 4.47. The molecule has 1 atom stereocenters. The maximum atomic E-state index is 14.0. The first-order valence-corrected chi connectivity index (χ1v) is 8.04. The van der Waals surface area contributed by atoms with E-state index in [0.29, 0.717) is 18.8 Å². The van der Waals surface area contributed by atoms with Gasteiger partial charge >= 0.3 is 0 Å². The van der Waals surface area contributed by atoms with Gasteiger partial charge in [0.15, 0.2) is 11.6 Å². The van der Waals surface area contributed by atoms with Gasteiger partial charge in [0.05, 0.1) is 17.8 Å². The number of ether oxygens (including phenoxy) is 1. The number of hydrogen-bond donors (Lipinski definition) is 1. The van der Waals surface area contributed by atoms with Crippen LogP contribution < -0.4 is 10.5 Å². The van der Waals surface area contributed by atoms with Crippen molar-refractivity contribution in [1.29, 1.82) is 0 Å². The van der Waals surface area contributed by atoms with Crippen LogP contribution in [0.15, 0.2) is 23.7 Å². The monoisotopic (exact) mass is 308 g/mol. The molecule has 3 nitrogen and oxygen atoms in total. The molecule has 0 saturated carbocycles. The second kappa shape index (κ2) is 7.52. The van der Waals surface area contributed by atoms with Crippen LogP contribution in [-0.4, -0.2) is 17.6 Å². The number of nitrogens with two attached hydrogens (primary N) is 1. The summed E-state index contributed by atoms with van der Waals surface area (Å²) in [5, 5.41) is 0. The van der Waals surface area contributed by atoms with Gasteiger partial charge in [-0.2, -0.15) is 0 Å². The second-order valence-electron chi connectivity index (χ2n) is 5.06. The summed E-state index contributed by atoms with van der Waals surface area (Å²) in [7, 11) is 0. The van der Waals surface area contributed by atoms with Crippen molar-refractivity contribution in [2.24, 2.45) is 5.73 Å². The van der Waals surface area contributed by atoms with E-state index < -0.39 is 0 Å². The normalized spacial score (nSPS) is 12.4. The molecule has 0 bridgehead atoms. The van der Waals surface area contributed by atoms with Crippen LogP contribution in [0.3, 0.4) is 0 Å². The fourth-order valence-corrected chi connectivity index (χ4v) is 2.88. The van der Waals surface area contributed by atoms with E-state index in [1.54, 1.807) is 17.4 Å². The van der Waals surface area contributed by atoms with Crippen LogP contribution in [0.25, 0.3) is 0 Å². The molecular weight excluding hydrogens is 287 g/mol. The predicted octanol–water partition coefficient (Wildman–Crippen LogP) is 3.49. The quantitative estimate of drug-likeness (QED) is 0.851. The zero-order valence-electron chi connectivity index (χ0n) is 12.4. The largest absolute Gasteiger partial charge is 0.490 e. The molecule has 2 N–H and O–H groups in total. The molecule has 5 heteroatoms. The van der Waals surface area contributed by atoms with Gasteiger partial charge in [0.2, 0.25) is 0 Å². The van der Waals surface area contributed by atoms with Gasteiger partial charge in [0, 0.05) is 17.3 Å². The minimum absolute atomic E-state index is 0.0258. The highest BCUT2D eigenvalue weighted by atomic mass is 32.1. The van der Waals surface area contributed by atoms with Crippen LogP contribution in [0.5, 0.6) is 5.75 Å². The summed E-state index contributed by atoms with van der Waals surface area (Å²) >= 11 is 1.60. The molecule has 0 radical (unpaired) electrons. The molecule has 0 fully saturated rings. The summed E-state index contributed by atoms with van der Waals surface area (Å²) < 4.78 is 19.7. The molecule has 1 unspecified atom stereocenters. The topological polar surface area (TPSA) is 48.1 Å². The molecule has 2 aromatic rings. The second-order valence-corrected chi connectivity index (χ2v) is 6.00. The number of benzene rings is 1. The molecule has 0 saturated heterocycles. The zero-order chi connectivity index (χ0) is 15.2. The maximum Gasteiger partial charge on any atom is 0.165 e. The fraction of sp³-hybridized carbons (Fsp3) is 0.438. The van der Waals surface area contributed by atoms with E-state index >= 15 is 0 Å². The number of para-hydroxylation sites is 1. The van der Waals surface area contributed by atoms with Crippen molar-refractivity contribution in [2.45, 2.75) is 39.2 Å². The van der Waals surface area contributed by atoms with Gasteiger partial charge in [-0.05, 0) is 31.4 Å². The number of halogens is 1. The van der Waals surface area contributed by atoms with Gasteiger partial charge in [-0.15, -0.1) is 11.3 Å². The number of thiazole rings is 1. The van der Waals surface area contributed by atoms with E-state index in [9.17, 15) is 4.39 Å². The lowest BCUT2D eigenvalue weighted by atomic mass is 10.0. The molecule has 0 aliphatic heterocycles. The van der Waals surface area contributed by atoms with Crippen LogP contribution in [-0.2, 0) is 12.8 Å². The standard InChI is InChI=1S/C16H21FN2OS/c1-3-13(18)9-12-5-4-6-14(17)16(12)20-8-7-15-11(2)19-10-21-15/h4-6,10,13H,3,7-9,18H2,1-2H3. The Labute approximate surface area is 129 Å². The number of aromatic nitrogens is 1. The Kier molecular flexibility index (Phi) is 5.70. The molecule has 0 amide bonds. The van der Waals surface area contributed by atoms with Crippen molar-refractivity contribution in [3.63, 3.8) is 0 Å². The number of aryl methyl sites for hydroxylation is 1. The SMILES string of the molecule is CCC(N)Cc1cccc(F)c1OCCc1scnc1C. The third-order valence-electron chi connectivity index (χ3n) is 3.48. The number of nitrogens with zero attached hydrogens (tertiary/aromatic N) is 1. The van der Waals surface area contributed by atoms with Crippen LogP contribution in [0, 0.1) is 12.7 Å². The lowest BCUT2D eigenvalue weighted by Crippen LogP contribution is -2.22. The minimum Gasteiger partial charge on any atom is -0.490 e. The average molecular weight is 308 g/mol. The first-order chi connectivity index (χ1) is 10.1. The molecule has 1 heterocycles. The van der Waals surface area contributed by atoms with Gasteiger partial charge in [-0.25, -0.2) is 9.37 Å². The summed E-state index contributed by atoms with van der Waals surface area (Å²) in [6.07, 6.45) is 2.23. The molecule has 1 aromatic heterocycles. The molecule has 21 heavy (non-hydrogen) atoms. The molecular formula is C16H21FN2OS. The Hall–Kier alpha value is -1.46. The van der Waals surface area contributed by atoms with Gasteiger partial charge in [-0.3, -0.25) is 0 Å². The van der Waals surface area contributed by atoms with Crippen LogP contribution in [0.4, 0.5) is 4.39 Å². The van der Waals surface area contributed by atoms with Crippen molar-refractivity contribution in [3.05, 3.63) is 45.7 Å². The molecule has 0 aliphatic carbocycles. The number of rotatable bonds is 7. The molecule has 0 aliphatic rings. The minimum atomic E-state index is -0.322. The Morgan fingerprint density at radius 2 is 2.24 bits per heavy atom. The highest BCUT2D eigenvalue weighted by molar-refractivity contribution is 7.09. The Morgan fingerprint density at radius 3 is 2.90 bits per heavy atom. The summed E-state index contributed by atoms with van der Waals surface area (Å²) in [6, 6.07) is 5.03. The lowest BCUT2D eigenvalue weighted by molar-refractivity contribution is 0.301. The van der Waals surface area contributed by atoms with Gasteiger partial charge in [0.1, 0.15) is 0 Å². The molecule has 0 spiro atoms. The van der Waals surface area contributed by atoms with Gasteiger partial charge in [-0.1, -0.05) is 19.1 Å². The van der Waals surface area contributed by atoms with Gasteiger partial charge < -0.3 is 10.5 Å². The maximum absolute atomic E-state index is 14.0. The van der Waals surface area contributed by atoms with Crippen molar-refractivity contribution < 1.29 is 9.13 Å². The van der Waals surface area contributed by atoms with Crippen LogP contribution >= 0.6 is 11.3 Å². The van der Waals surface area contributed by atoms with Crippen LogP contribution in [0.1, 0.15) is 29.5 Å². The lowest BCUT2D eigenvalue weighted by Gasteiger charge is -2.15. The highest BCUT2D eigenvalue weighted by Crippen LogP contribution is 2.25. The predicted molar refractivity (Wildman–Crippen MR) is 84.4 cm³/mol. The van der Waals surface area contributed by atoms with Crippen LogP contribution in [0.2, 0.25) is 0 Å². The summed E-state index contributed by atoms with van der Waals surface area (Å²) in [5.74, 6) is 0.0143. The van der Waals surface area contributed by atoms with Gasteiger partial charge in [0.25, 0.3) is 0 Å². The van der Waals surface area contributed by atoms with Crippen molar-refractivity contribution >= 4 is 11.3 Å². The van der Waals surface area contributed by atoms with E-state index in [-0.39, 0.29) is 11.9 Å². The summed E-state index contributed by atoms with van der Waals surface area (Å²) in [6.45, 7) is 4.44. The summed E-state index contributed by atoms with van der Waals surface area (Å²) in [5.41, 5.74) is 9.64. The molecule has 2 rings (SSSR count). The average Bonchev–Trinajstić information content (AvgIpc) is 2.87. The zero-order valence-corrected chi connectivity index (χ0v) is 13.3. The van der Waals surface area contributed by atoms with E-state index in [4.69, 9.17) is 10.5 Å². The van der Waals surface area contributed by atoms with Crippen molar-refractivity contribution in [3.8, 4) is 5.75 Å². The van der Waals surface area contributed by atoms with E-state index in [0.717, 1.165) is 24.1 Å². The molecule has 1 aromatic carbocycles. The van der Waals surface area contributed by atoms with Crippen molar-refractivity contribution in [1.82, 2.24) is 4.98 Å². The van der Waals surface area contributed by atoms with E-state index in [1.807, 2.05) is 25.4 Å². The summed E-state index contributed by atoms with van der Waals surface area (Å²) in [4.78, 5) is 5.38. The first kappa shape index (κ1) is 15.9.